The normalized spacial score (nSPS) is 22.9. The molecule has 1 saturated carbocycles. The minimum Gasteiger partial charge on any atom is -0.472 e. The van der Waals surface area contributed by atoms with Crippen LogP contribution in [0.4, 0.5) is 0 Å². The van der Waals surface area contributed by atoms with E-state index in [4.69, 9.17) is 4.74 Å². The molecular formula is C18H27N3O2. The van der Waals surface area contributed by atoms with Gasteiger partial charge in [-0.05, 0) is 39.5 Å². The summed E-state index contributed by atoms with van der Waals surface area (Å²) in [6.07, 6.45) is 7.83. The van der Waals surface area contributed by atoms with Gasteiger partial charge in [0.25, 0.3) is 0 Å². The van der Waals surface area contributed by atoms with E-state index in [9.17, 15) is 4.79 Å². The molecule has 2 heterocycles. The van der Waals surface area contributed by atoms with Crippen LogP contribution in [0.25, 0.3) is 0 Å². The first-order valence-electron chi connectivity index (χ1n) is 8.89. The maximum atomic E-state index is 12.7. The topological polar surface area (TPSA) is 55.3 Å². The summed E-state index contributed by atoms with van der Waals surface area (Å²) in [6, 6.07) is 1.87. The molecule has 126 valence electrons. The summed E-state index contributed by atoms with van der Waals surface area (Å²) in [5.74, 6) is 1.94. The van der Waals surface area contributed by atoms with Crippen molar-refractivity contribution in [2.24, 2.45) is 5.92 Å². The van der Waals surface area contributed by atoms with E-state index in [-0.39, 0.29) is 12.0 Å². The molecule has 1 aromatic heterocycles. The van der Waals surface area contributed by atoms with Gasteiger partial charge in [-0.3, -0.25) is 4.79 Å². The highest BCUT2D eigenvalue weighted by molar-refractivity contribution is 5.79. The van der Waals surface area contributed by atoms with Crippen LogP contribution >= 0.6 is 0 Å². The standard InChI is InChI=1S/C18H27N3O2/c1-13-11-17(20-14(2)19-13)23-16-9-6-10-21(12-16)18(22)15-7-4-3-5-8-15/h11,15-16H,3-10,12H2,1-2H3. The average molecular weight is 317 g/mol. The fraction of sp³-hybridized carbons (Fsp3) is 0.722. The maximum absolute atomic E-state index is 12.7. The second-order valence-electron chi connectivity index (χ2n) is 6.90. The molecule has 0 aromatic carbocycles. The van der Waals surface area contributed by atoms with Gasteiger partial charge in [0, 0.05) is 24.2 Å². The Kier molecular flexibility index (Phi) is 5.13. The van der Waals surface area contributed by atoms with Gasteiger partial charge in [0.2, 0.25) is 11.8 Å². The third-order valence-electron chi connectivity index (χ3n) is 4.87. The number of hydrogen-bond donors (Lipinski definition) is 0. The van der Waals surface area contributed by atoms with Crippen molar-refractivity contribution in [1.29, 1.82) is 0 Å². The van der Waals surface area contributed by atoms with Gasteiger partial charge in [-0.15, -0.1) is 0 Å². The number of nitrogens with zero attached hydrogens (tertiary/aromatic N) is 3. The molecule has 2 fully saturated rings. The second kappa shape index (κ2) is 7.28. The van der Waals surface area contributed by atoms with Crippen molar-refractivity contribution in [2.45, 2.75) is 64.9 Å². The lowest BCUT2D eigenvalue weighted by Crippen LogP contribution is -2.47. The largest absolute Gasteiger partial charge is 0.472 e. The number of piperidine rings is 1. The number of carbonyl (C=O) groups excluding carboxylic acids is 1. The van der Waals surface area contributed by atoms with E-state index in [0.717, 1.165) is 43.7 Å². The summed E-state index contributed by atoms with van der Waals surface area (Å²) in [4.78, 5) is 23.4. The Morgan fingerprint density at radius 1 is 1.13 bits per heavy atom. The van der Waals surface area contributed by atoms with Crippen LogP contribution in [0.2, 0.25) is 0 Å². The van der Waals surface area contributed by atoms with E-state index < -0.39 is 0 Å². The Balaban J connectivity index is 1.60. The number of likely N-dealkylation sites (tertiary alicyclic amines) is 1. The third kappa shape index (κ3) is 4.21. The number of amides is 1. The molecule has 0 radical (unpaired) electrons. The Hall–Kier alpha value is -1.65. The van der Waals surface area contributed by atoms with Crippen LogP contribution in [0.1, 0.15) is 56.5 Å². The number of rotatable bonds is 3. The van der Waals surface area contributed by atoms with Crippen LogP contribution in [0.3, 0.4) is 0 Å². The highest BCUT2D eigenvalue weighted by atomic mass is 16.5. The van der Waals surface area contributed by atoms with Crippen molar-refractivity contribution in [3.63, 3.8) is 0 Å². The van der Waals surface area contributed by atoms with Gasteiger partial charge in [-0.2, -0.15) is 4.98 Å². The van der Waals surface area contributed by atoms with Crippen LogP contribution in [0.15, 0.2) is 6.07 Å². The van der Waals surface area contributed by atoms with Gasteiger partial charge in [-0.1, -0.05) is 19.3 Å². The zero-order valence-electron chi connectivity index (χ0n) is 14.3. The number of aromatic nitrogens is 2. The van der Waals surface area contributed by atoms with Crippen molar-refractivity contribution in [2.75, 3.05) is 13.1 Å². The van der Waals surface area contributed by atoms with Crippen LogP contribution in [0, 0.1) is 19.8 Å². The molecule has 5 heteroatoms. The van der Waals surface area contributed by atoms with Crippen molar-refractivity contribution in [3.8, 4) is 5.88 Å². The van der Waals surface area contributed by atoms with Crippen molar-refractivity contribution >= 4 is 5.91 Å². The number of ether oxygens (including phenoxy) is 1. The molecule has 1 aromatic rings. The molecule has 1 amide bonds. The Bertz CT molecular complexity index is 535. The van der Waals surface area contributed by atoms with E-state index in [2.05, 4.69) is 9.97 Å². The Morgan fingerprint density at radius 3 is 2.65 bits per heavy atom. The summed E-state index contributed by atoms with van der Waals surface area (Å²) < 4.78 is 6.04. The van der Waals surface area contributed by atoms with Gasteiger partial charge in [0.1, 0.15) is 11.9 Å². The SMILES string of the molecule is Cc1cc(OC2CCCN(C(=O)C3CCCCC3)C2)nc(C)n1. The molecule has 1 aliphatic heterocycles. The molecule has 3 rings (SSSR count). The molecule has 0 spiro atoms. The van der Waals surface area contributed by atoms with Gasteiger partial charge in [0.05, 0.1) is 6.54 Å². The van der Waals surface area contributed by atoms with E-state index in [1.165, 1.54) is 19.3 Å². The van der Waals surface area contributed by atoms with Crippen molar-refractivity contribution in [1.82, 2.24) is 14.9 Å². The highest BCUT2D eigenvalue weighted by Gasteiger charge is 2.30. The molecule has 23 heavy (non-hydrogen) atoms. The first-order chi connectivity index (χ1) is 11.1. The fourth-order valence-electron chi connectivity index (χ4n) is 3.76. The first kappa shape index (κ1) is 16.2. The van der Waals surface area contributed by atoms with Gasteiger partial charge in [0.15, 0.2) is 0 Å². The predicted octanol–water partition coefficient (Wildman–Crippen LogP) is 3.04. The monoisotopic (exact) mass is 317 g/mol. The van der Waals surface area contributed by atoms with Gasteiger partial charge < -0.3 is 9.64 Å². The van der Waals surface area contributed by atoms with Gasteiger partial charge >= 0.3 is 0 Å². The zero-order chi connectivity index (χ0) is 16.2. The Morgan fingerprint density at radius 2 is 1.91 bits per heavy atom. The lowest BCUT2D eigenvalue weighted by Gasteiger charge is -2.35. The first-order valence-corrected chi connectivity index (χ1v) is 8.89. The number of aryl methyl sites for hydroxylation is 2. The van der Waals surface area contributed by atoms with E-state index in [0.29, 0.717) is 18.3 Å². The second-order valence-corrected chi connectivity index (χ2v) is 6.90. The quantitative estimate of drug-likeness (QED) is 0.860. The lowest BCUT2D eigenvalue weighted by molar-refractivity contribution is -0.139. The molecule has 0 N–H and O–H groups in total. The third-order valence-corrected chi connectivity index (χ3v) is 4.87. The zero-order valence-corrected chi connectivity index (χ0v) is 14.3. The molecule has 1 unspecified atom stereocenters. The van der Waals surface area contributed by atoms with Crippen LogP contribution < -0.4 is 4.74 Å². The number of hydrogen-bond acceptors (Lipinski definition) is 4. The van der Waals surface area contributed by atoms with Crippen LogP contribution in [-0.2, 0) is 4.79 Å². The average Bonchev–Trinajstić information content (AvgIpc) is 2.54. The molecule has 5 nitrogen and oxygen atoms in total. The van der Waals surface area contributed by atoms with E-state index in [1.807, 2.05) is 24.8 Å². The summed E-state index contributed by atoms with van der Waals surface area (Å²) in [5.41, 5.74) is 0.915. The lowest BCUT2D eigenvalue weighted by atomic mass is 9.88. The molecule has 1 aliphatic carbocycles. The minimum atomic E-state index is 0.0463. The molecule has 2 aliphatic rings. The number of carbonyl (C=O) groups is 1. The minimum absolute atomic E-state index is 0.0463. The predicted molar refractivity (Wildman–Crippen MR) is 88.3 cm³/mol. The van der Waals surface area contributed by atoms with Crippen LogP contribution in [-0.4, -0.2) is 40.0 Å². The van der Waals surface area contributed by atoms with Crippen molar-refractivity contribution < 1.29 is 9.53 Å². The maximum Gasteiger partial charge on any atom is 0.225 e. The van der Waals surface area contributed by atoms with Crippen LogP contribution in [0.5, 0.6) is 5.88 Å². The summed E-state index contributed by atoms with van der Waals surface area (Å²) in [5, 5.41) is 0. The van der Waals surface area contributed by atoms with E-state index in [1.54, 1.807) is 0 Å². The van der Waals surface area contributed by atoms with Crippen molar-refractivity contribution in [3.05, 3.63) is 17.6 Å². The van der Waals surface area contributed by atoms with E-state index >= 15 is 0 Å². The highest BCUT2D eigenvalue weighted by Crippen LogP contribution is 2.27. The molecule has 0 bridgehead atoms. The van der Waals surface area contributed by atoms with Gasteiger partial charge in [-0.25, -0.2) is 4.98 Å². The summed E-state index contributed by atoms with van der Waals surface area (Å²) in [7, 11) is 0. The molecule has 1 atom stereocenters. The summed E-state index contributed by atoms with van der Waals surface area (Å²) >= 11 is 0. The molecular weight excluding hydrogens is 290 g/mol. The Labute approximate surface area is 138 Å². The molecule has 1 saturated heterocycles. The smallest absolute Gasteiger partial charge is 0.225 e. The fourth-order valence-corrected chi connectivity index (χ4v) is 3.76. The summed E-state index contributed by atoms with van der Waals surface area (Å²) in [6.45, 7) is 5.38.